The molecule has 0 aromatic carbocycles. The molecule has 1 heterocycles. The number of aromatic amines is 1. The van der Waals surface area contributed by atoms with E-state index in [-0.39, 0.29) is 25.0 Å². The normalized spacial score (nSPS) is 14.5. The summed E-state index contributed by atoms with van der Waals surface area (Å²) in [4.78, 5) is 65.9. The number of carboxylic acids is 1. The molecular formula is C17H27N7O7S. The number of H-pyrrole nitrogens is 1. The van der Waals surface area contributed by atoms with Crippen LogP contribution in [0.3, 0.4) is 0 Å². The third-order valence-corrected chi connectivity index (χ3v) is 4.63. The molecule has 10 N–H and O–H groups in total. The lowest BCUT2D eigenvalue weighted by Crippen LogP contribution is -2.58. The van der Waals surface area contributed by atoms with Crippen LogP contribution < -0.4 is 27.4 Å². The van der Waals surface area contributed by atoms with Gasteiger partial charge in [-0.3, -0.25) is 19.2 Å². The molecule has 1 rings (SSSR count). The Labute approximate surface area is 188 Å². The van der Waals surface area contributed by atoms with E-state index in [4.69, 9.17) is 16.6 Å². The molecule has 0 aliphatic rings. The number of rotatable bonds is 14. The lowest BCUT2D eigenvalue weighted by atomic mass is 10.1. The minimum Gasteiger partial charge on any atom is -0.480 e. The molecule has 0 fully saturated rings. The fraction of sp³-hybridized carbons (Fsp3) is 0.529. The average Bonchev–Trinajstić information content (AvgIpc) is 3.25. The van der Waals surface area contributed by atoms with Gasteiger partial charge in [-0.2, -0.15) is 12.6 Å². The van der Waals surface area contributed by atoms with Crippen molar-refractivity contribution < 1.29 is 34.2 Å². The molecule has 0 radical (unpaired) electrons. The highest BCUT2D eigenvalue weighted by Gasteiger charge is 2.30. The first-order valence-electron chi connectivity index (χ1n) is 9.45. The summed E-state index contributed by atoms with van der Waals surface area (Å²) in [5.74, 6) is -4.71. The molecule has 4 amide bonds. The summed E-state index contributed by atoms with van der Waals surface area (Å²) in [5, 5.41) is 25.5. The molecule has 1 aromatic heterocycles. The zero-order valence-electron chi connectivity index (χ0n) is 17.0. The van der Waals surface area contributed by atoms with Crippen molar-refractivity contribution in [2.75, 3.05) is 12.4 Å². The van der Waals surface area contributed by atoms with Gasteiger partial charge in [-0.15, -0.1) is 0 Å². The van der Waals surface area contributed by atoms with E-state index in [2.05, 4.69) is 38.5 Å². The zero-order chi connectivity index (χ0) is 24.3. The van der Waals surface area contributed by atoms with Gasteiger partial charge in [-0.25, -0.2) is 9.78 Å². The SMILES string of the molecule is NC(=O)CCC(N)C(=O)NC(CO)C(=O)NC(Cc1cnc[nH]1)C(=O)NC(CS)C(=O)O. The van der Waals surface area contributed by atoms with E-state index in [9.17, 15) is 29.1 Å². The maximum absolute atomic E-state index is 12.6. The quantitative estimate of drug-likeness (QED) is 0.119. The molecule has 4 atom stereocenters. The van der Waals surface area contributed by atoms with Crippen LogP contribution in [-0.2, 0) is 30.4 Å². The summed E-state index contributed by atoms with van der Waals surface area (Å²) in [7, 11) is 0. The number of thiol groups is 1. The van der Waals surface area contributed by atoms with E-state index in [1.807, 2.05) is 0 Å². The van der Waals surface area contributed by atoms with E-state index in [1.165, 1.54) is 12.5 Å². The number of hydrogen-bond acceptors (Lipinski definition) is 9. The molecule has 32 heavy (non-hydrogen) atoms. The lowest BCUT2D eigenvalue weighted by Gasteiger charge is -2.24. The molecule has 178 valence electrons. The van der Waals surface area contributed by atoms with Gasteiger partial charge in [0, 0.05) is 30.5 Å². The zero-order valence-corrected chi connectivity index (χ0v) is 17.9. The number of nitrogens with one attached hydrogen (secondary N) is 4. The predicted octanol–water partition coefficient (Wildman–Crippen LogP) is -3.99. The Morgan fingerprint density at radius 1 is 1.06 bits per heavy atom. The maximum atomic E-state index is 12.6. The summed E-state index contributed by atoms with van der Waals surface area (Å²) >= 11 is 3.87. The second-order valence-electron chi connectivity index (χ2n) is 6.78. The molecule has 15 heteroatoms. The third kappa shape index (κ3) is 8.91. The van der Waals surface area contributed by atoms with Crippen LogP contribution in [0.2, 0.25) is 0 Å². The number of carbonyl (C=O) groups is 5. The smallest absolute Gasteiger partial charge is 0.327 e. The highest BCUT2D eigenvalue weighted by atomic mass is 32.1. The van der Waals surface area contributed by atoms with E-state index in [0.29, 0.717) is 5.69 Å². The van der Waals surface area contributed by atoms with Gasteiger partial charge in [0.1, 0.15) is 18.1 Å². The largest absolute Gasteiger partial charge is 0.480 e. The fourth-order valence-corrected chi connectivity index (χ4v) is 2.70. The number of aliphatic hydroxyl groups is 1. The Kier molecular flexibility index (Phi) is 11.2. The first kappa shape index (κ1) is 26.9. The van der Waals surface area contributed by atoms with Crippen molar-refractivity contribution in [3.8, 4) is 0 Å². The number of aliphatic carboxylic acids is 1. The highest BCUT2D eigenvalue weighted by Crippen LogP contribution is 2.02. The van der Waals surface area contributed by atoms with Gasteiger partial charge in [0.25, 0.3) is 0 Å². The second-order valence-corrected chi connectivity index (χ2v) is 7.14. The van der Waals surface area contributed by atoms with E-state index in [1.54, 1.807) is 0 Å². The van der Waals surface area contributed by atoms with Gasteiger partial charge in [0.15, 0.2) is 0 Å². The van der Waals surface area contributed by atoms with Gasteiger partial charge < -0.3 is 42.6 Å². The Morgan fingerprint density at radius 3 is 2.16 bits per heavy atom. The monoisotopic (exact) mass is 473 g/mol. The molecule has 1 aromatic rings. The number of primary amides is 1. The van der Waals surface area contributed by atoms with Crippen LogP contribution in [0, 0.1) is 0 Å². The van der Waals surface area contributed by atoms with Crippen LogP contribution in [0.5, 0.6) is 0 Å². The summed E-state index contributed by atoms with van der Waals surface area (Å²) in [6.45, 7) is -0.813. The van der Waals surface area contributed by atoms with Gasteiger partial charge in [0.2, 0.25) is 23.6 Å². The van der Waals surface area contributed by atoms with Crippen molar-refractivity contribution in [3.63, 3.8) is 0 Å². The number of aliphatic hydroxyl groups excluding tert-OH is 1. The first-order chi connectivity index (χ1) is 15.1. The Balaban J connectivity index is 2.87. The lowest BCUT2D eigenvalue weighted by molar-refractivity contribution is -0.141. The van der Waals surface area contributed by atoms with E-state index in [0.717, 1.165) is 0 Å². The van der Waals surface area contributed by atoms with Crippen LogP contribution in [-0.4, -0.2) is 86.3 Å². The number of amides is 4. The number of carbonyl (C=O) groups excluding carboxylic acids is 4. The summed E-state index contributed by atoms with van der Waals surface area (Å²) in [6.07, 6.45) is 2.46. The Hall–Kier alpha value is -3.17. The number of carboxylic acid groups (broad SMARTS) is 1. The average molecular weight is 474 g/mol. The van der Waals surface area contributed by atoms with Gasteiger partial charge in [-0.05, 0) is 6.42 Å². The number of aromatic nitrogens is 2. The van der Waals surface area contributed by atoms with Crippen LogP contribution in [0.1, 0.15) is 18.5 Å². The van der Waals surface area contributed by atoms with Crippen molar-refractivity contribution in [2.24, 2.45) is 11.5 Å². The molecule has 0 saturated heterocycles. The van der Waals surface area contributed by atoms with Crippen molar-refractivity contribution in [1.82, 2.24) is 25.9 Å². The number of nitrogens with zero attached hydrogens (tertiary/aromatic N) is 1. The van der Waals surface area contributed by atoms with Gasteiger partial charge in [-0.1, -0.05) is 0 Å². The highest BCUT2D eigenvalue weighted by molar-refractivity contribution is 7.80. The van der Waals surface area contributed by atoms with Gasteiger partial charge >= 0.3 is 5.97 Å². The molecule has 14 nitrogen and oxygen atoms in total. The molecule has 0 aliphatic carbocycles. The summed E-state index contributed by atoms with van der Waals surface area (Å²) < 4.78 is 0. The van der Waals surface area contributed by atoms with Gasteiger partial charge in [0.05, 0.1) is 19.0 Å². The Morgan fingerprint density at radius 2 is 1.66 bits per heavy atom. The second kappa shape index (κ2) is 13.3. The van der Waals surface area contributed by atoms with Crippen molar-refractivity contribution in [2.45, 2.75) is 43.4 Å². The topological polar surface area (TPSA) is 243 Å². The fourth-order valence-electron chi connectivity index (χ4n) is 2.46. The number of hydrogen-bond donors (Lipinski definition) is 9. The maximum Gasteiger partial charge on any atom is 0.327 e. The molecule has 0 bridgehead atoms. The standard InChI is InChI=1S/C17H27N7O7S/c18-9(1-2-13(19)26)14(27)23-11(5-25)16(29)22-10(3-8-4-20-7-21-8)15(28)24-12(6-32)17(30)31/h4,7,9-12,25,32H,1-3,5-6,18H2,(H2,19,26)(H,20,21)(H,22,29)(H,23,27)(H,24,28)(H,30,31). The molecule has 0 spiro atoms. The minimum atomic E-state index is -1.46. The molecule has 0 saturated carbocycles. The molecule has 0 aliphatic heterocycles. The van der Waals surface area contributed by atoms with Crippen LogP contribution in [0.25, 0.3) is 0 Å². The van der Waals surface area contributed by atoms with Crippen LogP contribution in [0.4, 0.5) is 0 Å². The summed E-state index contributed by atoms with van der Waals surface area (Å²) in [6, 6.07) is -5.18. The van der Waals surface area contributed by atoms with E-state index < -0.39 is 60.4 Å². The van der Waals surface area contributed by atoms with Crippen molar-refractivity contribution in [3.05, 3.63) is 18.2 Å². The van der Waals surface area contributed by atoms with Crippen LogP contribution >= 0.6 is 12.6 Å². The number of imidazole rings is 1. The summed E-state index contributed by atoms with van der Waals surface area (Å²) in [5.41, 5.74) is 11.1. The van der Waals surface area contributed by atoms with Crippen LogP contribution in [0.15, 0.2) is 12.5 Å². The van der Waals surface area contributed by atoms with Crippen molar-refractivity contribution in [1.29, 1.82) is 0 Å². The molecular weight excluding hydrogens is 446 g/mol. The van der Waals surface area contributed by atoms with E-state index >= 15 is 0 Å². The minimum absolute atomic E-state index is 0.0634. The van der Waals surface area contributed by atoms with Crippen molar-refractivity contribution >= 4 is 42.2 Å². The first-order valence-corrected chi connectivity index (χ1v) is 10.1. The molecule has 4 unspecified atom stereocenters. The predicted molar refractivity (Wildman–Crippen MR) is 113 cm³/mol. The number of nitrogens with two attached hydrogens (primary N) is 2. The Bertz CT molecular complexity index is 805. The third-order valence-electron chi connectivity index (χ3n) is 4.26.